The van der Waals surface area contributed by atoms with Crippen molar-refractivity contribution in [2.24, 2.45) is 17.3 Å². The van der Waals surface area contributed by atoms with Gasteiger partial charge in [-0.15, -0.1) is 11.3 Å². The number of thiophene rings is 1. The minimum Gasteiger partial charge on any atom is -0.395 e. The first-order valence-electron chi connectivity index (χ1n) is 12.6. The van der Waals surface area contributed by atoms with Gasteiger partial charge in [-0.05, 0) is 55.5 Å². The number of aliphatic hydroxyl groups is 3. The molecule has 2 aromatic rings. The number of carbonyl (C=O) groups is 2. The summed E-state index contributed by atoms with van der Waals surface area (Å²) in [6.45, 7) is 3.84. The van der Waals surface area contributed by atoms with Gasteiger partial charge in [0.25, 0.3) is 0 Å². The fraction of sp³-hybridized carbons (Fsp3) is 0.571. The molecule has 7 heteroatoms. The highest BCUT2D eigenvalue weighted by molar-refractivity contribution is 7.19. The van der Waals surface area contributed by atoms with Gasteiger partial charge < -0.3 is 20.6 Å². The highest BCUT2D eigenvalue weighted by Gasteiger charge is 2.53. The molecule has 0 spiro atoms. The Kier molecular flexibility index (Phi) is 10.0. The Morgan fingerprint density at radius 1 is 1.26 bits per heavy atom. The highest BCUT2D eigenvalue weighted by atomic mass is 32.1. The zero-order valence-electron chi connectivity index (χ0n) is 20.8. The van der Waals surface area contributed by atoms with E-state index in [-0.39, 0.29) is 36.7 Å². The summed E-state index contributed by atoms with van der Waals surface area (Å²) in [5.74, 6) is -0.427. The van der Waals surface area contributed by atoms with Gasteiger partial charge in [0.1, 0.15) is 5.78 Å². The maximum atomic E-state index is 13.1. The van der Waals surface area contributed by atoms with E-state index in [1.54, 1.807) is 11.3 Å². The number of hydrogen-bond acceptors (Lipinski definition) is 6. The van der Waals surface area contributed by atoms with Gasteiger partial charge in [0.15, 0.2) is 0 Å². The third-order valence-corrected chi connectivity index (χ3v) is 8.28. The Labute approximate surface area is 212 Å². The first-order valence-corrected chi connectivity index (χ1v) is 13.5. The van der Waals surface area contributed by atoms with Crippen molar-refractivity contribution in [3.8, 4) is 0 Å². The Balaban J connectivity index is 1.50. The summed E-state index contributed by atoms with van der Waals surface area (Å²) in [4.78, 5) is 25.8. The van der Waals surface area contributed by atoms with E-state index in [4.69, 9.17) is 5.11 Å². The molecule has 1 aliphatic rings. The molecule has 3 rings (SSSR count). The summed E-state index contributed by atoms with van der Waals surface area (Å²) in [6, 6.07) is 10.3. The van der Waals surface area contributed by atoms with Gasteiger partial charge in [0, 0.05) is 40.3 Å². The zero-order chi connectivity index (χ0) is 25.4. The van der Waals surface area contributed by atoms with Crippen molar-refractivity contribution >= 4 is 33.1 Å². The molecule has 0 radical (unpaired) electrons. The molecule has 1 aliphatic carbocycles. The Hall–Kier alpha value is -2.06. The van der Waals surface area contributed by atoms with E-state index in [1.807, 2.05) is 38.1 Å². The number of allylic oxidation sites excluding steroid dienone is 2. The number of fused-ring (bicyclic) bond motifs is 1. The number of amides is 1. The van der Waals surface area contributed by atoms with Crippen LogP contribution in [-0.2, 0) is 16.0 Å². The van der Waals surface area contributed by atoms with Crippen molar-refractivity contribution < 1.29 is 24.9 Å². The van der Waals surface area contributed by atoms with Gasteiger partial charge in [-0.25, -0.2) is 0 Å². The number of rotatable bonds is 13. The third-order valence-electron chi connectivity index (χ3n) is 7.15. The maximum absolute atomic E-state index is 13.1. The molecule has 1 amide bonds. The molecular weight excluding hydrogens is 462 g/mol. The van der Waals surface area contributed by atoms with Crippen molar-refractivity contribution in [3.63, 3.8) is 0 Å². The number of benzene rings is 1. The molecule has 1 fully saturated rings. The van der Waals surface area contributed by atoms with E-state index in [0.29, 0.717) is 38.5 Å². The monoisotopic (exact) mass is 501 g/mol. The largest absolute Gasteiger partial charge is 0.395 e. The van der Waals surface area contributed by atoms with Crippen LogP contribution in [0.3, 0.4) is 0 Å². The zero-order valence-corrected chi connectivity index (χ0v) is 21.6. The van der Waals surface area contributed by atoms with Gasteiger partial charge in [-0.2, -0.15) is 0 Å². The Bertz CT molecular complexity index is 981. The number of unbranched alkanes of at least 4 members (excludes halogenated alkanes) is 1. The Morgan fingerprint density at radius 3 is 2.77 bits per heavy atom. The fourth-order valence-corrected chi connectivity index (χ4v) is 6.23. The summed E-state index contributed by atoms with van der Waals surface area (Å²) < 4.78 is 1.21. The Morgan fingerprint density at radius 2 is 2.03 bits per heavy atom. The lowest BCUT2D eigenvalue weighted by Crippen LogP contribution is -2.32. The average molecular weight is 502 g/mol. The van der Waals surface area contributed by atoms with Crippen LogP contribution in [0.2, 0.25) is 0 Å². The summed E-state index contributed by atoms with van der Waals surface area (Å²) in [6.07, 6.45) is 6.88. The van der Waals surface area contributed by atoms with Crippen molar-refractivity contribution in [1.29, 1.82) is 0 Å². The van der Waals surface area contributed by atoms with Crippen LogP contribution in [0.5, 0.6) is 0 Å². The van der Waals surface area contributed by atoms with E-state index in [9.17, 15) is 19.8 Å². The molecule has 35 heavy (non-hydrogen) atoms. The van der Waals surface area contributed by atoms with Gasteiger partial charge in [-0.1, -0.05) is 44.2 Å². The first kappa shape index (κ1) is 27.5. The molecule has 192 valence electrons. The quantitative estimate of drug-likeness (QED) is 0.245. The van der Waals surface area contributed by atoms with Crippen molar-refractivity contribution in [2.75, 3.05) is 13.2 Å². The van der Waals surface area contributed by atoms with Gasteiger partial charge in [0.05, 0.1) is 18.8 Å². The predicted octanol–water partition coefficient (Wildman–Crippen LogP) is 4.01. The van der Waals surface area contributed by atoms with Gasteiger partial charge in [-0.3, -0.25) is 9.59 Å². The smallest absolute Gasteiger partial charge is 0.220 e. The van der Waals surface area contributed by atoms with E-state index >= 15 is 0 Å². The van der Waals surface area contributed by atoms with E-state index in [2.05, 4.69) is 23.5 Å². The minimum atomic E-state index is -0.787. The molecular formula is C28H39NO5S. The van der Waals surface area contributed by atoms with Crippen LogP contribution in [0.4, 0.5) is 0 Å². The molecule has 6 nitrogen and oxygen atoms in total. The first-order chi connectivity index (χ1) is 16.7. The standard InChI is InChI=1S/C28H39NO5S/c1-28(2)26(33)22(10-5-3-4-6-12-25(32)29-15-16-30)23(27(28)34)14-13-20(31)18-21-17-19-9-7-8-11-24(19)35-21/h3,5,7-9,11,17,20,22-23,27,30-31,34H,4,6,10,12-16,18H2,1-2H3,(H,29,32)/t20?,22-,23-,27+/m1/s1. The molecule has 4 N–H and O–H groups in total. The molecule has 4 atom stereocenters. The second-order valence-electron chi connectivity index (χ2n) is 10.2. The molecule has 1 saturated carbocycles. The fourth-order valence-electron chi connectivity index (χ4n) is 5.10. The molecule has 1 unspecified atom stereocenters. The average Bonchev–Trinajstić information content (AvgIpc) is 3.30. The van der Waals surface area contributed by atoms with Crippen molar-refractivity contribution in [2.45, 2.75) is 71.0 Å². The summed E-state index contributed by atoms with van der Waals surface area (Å²) >= 11 is 1.70. The molecule has 1 aromatic carbocycles. The number of hydrogen-bond donors (Lipinski definition) is 4. The van der Waals surface area contributed by atoms with Crippen molar-refractivity contribution in [3.05, 3.63) is 47.4 Å². The minimum absolute atomic E-state index is 0.0630. The SMILES string of the molecule is CC1(C)C(=O)[C@H](CC=CCCCC(=O)NCCO)[C@@H](CCC(O)Cc2cc3ccccc3s2)[C@@H]1O. The lowest BCUT2D eigenvalue weighted by atomic mass is 9.85. The molecule has 0 aliphatic heterocycles. The number of carbonyl (C=O) groups excluding carboxylic acids is 2. The number of ketones is 1. The number of Topliss-reactive ketones (excluding diaryl/α,β-unsaturated/α-hetero) is 1. The molecule has 1 aromatic heterocycles. The number of aliphatic hydroxyl groups excluding tert-OH is 3. The highest BCUT2D eigenvalue weighted by Crippen LogP contribution is 2.46. The molecule has 1 heterocycles. The lowest BCUT2D eigenvalue weighted by molar-refractivity contribution is -0.129. The van der Waals surface area contributed by atoms with Gasteiger partial charge in [0.2, 0.25) is 5.91 Å². The van der Waals surface area contributed by atoms with Crippen LogP contribution in [0.15, 0.2) is 42.5 Å². The van der Waals surface area contributed by atoms with Crippen LogP contribution < -0.4 is 5.32 Å². The topological polar surface area (TPSA) is 107 Å². The summed E-state index contributed by atoms with van der Waals surface area (Å²) in [5, 5.41) is 34.2. The summed E-state index contributed by atoms with van der Waals surface area (Å²) in [7, 11) is 0. The normalized spacial score (nSPS) is 22.8. The third kappa shape index (κ3) is 7.23. The van der Waals surface area contributed by atoms with Crippen LogP contribution in [0, 0.1) is 17.3 Å². The van der Waals surface area contributed by atoms with Crippen molar-refractivity contribution in [1.82, 2.24) is 5.32 Å². The molecule has 0 bridgehead atoms. The van der Waals surface area contributed by atoms with Gasteiger partial charge >= 0.3 is 0 Å². The van der Waals surface area contributed by atoms with E-state index < -0.39 is 17.6 Å². The van der Waals surface area contributed by atoms with E-state index in [1.165, 1.54) is 10.1 Å². The summed E-state index contributed by atoms with van der Waals surface area (Å²) in [5.41, 5.74) is -0.787. The number of nitrogens with one attached hydrogen (secondary N) is 1. The van der Waals surface area contributed by atoms with Crippen LogP contribution in [-0.4, -0.2) is 52.4 Å². The molecule has 0 saturated heterocycles. The second kappa shape index (κ2) is 12.8. The van der Waals surface area contributed by atoms with Crippen LogP contribution in [0.1, 0.15) is 57.2 Å². The van der Waals surface area contributed by atoms with E-state index in [0.717, 1.165) is 11.3 Å². The second-order valence-corrected chi connectivity index (χ2v) is 11.3. The maximum Gasteiger partial charge on any atom is 0.220 e. The van der Waals surface area contributed by atoms with Crippen LogP contribution in [0.25, 0.3) is 10.1 Å². The predicted molar refractivity (Wildman–Crippen MR) is 140 cm³/mol. The van der Waals surface area contributed by atoms with Crippen LogP contribution >= 0.6 is 11.3 Å². The lowest BCUT2D eigenvalue weighted by Gasteiger charge is -2.25.